The van der Waals surface area contributed by atoms with Crippen LogP contribution in [0, 0.1) is 5.92 Å². The normalized spacial score (nSPS) is 11.5. The summed E-state index contributed by atoms with van der Waals surface area (Å²) in [5.74, 6) is -2.19. The van der Waals surface area contributed by atoms with E-state index in [0.29, 0.717) is 12.8 Å². The SMILES string of the molecule is CCCC(C(=O)O)C(O)O.c1ccccc1. The molecule has 0 spiro atoms. The number of aliphatic hydroxyl groups is 2. The van der Waals surface area contributed by atoms with Crippen LogP contribution in [-0.2, 0) is 4.79 Å². The van der Waals surface area contributed by atoms with Crippen molar-refractivity contribution < 1.29 is 20.1 Å². The van der Waals surface area contributed by atoms with Crippen molar-refractivity contribution in [2.45, 2.75) is 26.1 Å². The number of rotatable bonds is 4. The Kier molecular flexibility index (Phi) is 8.11. The zero-order valence-corrected chi connectivity index (χ0v) is 9.28. The first-order chi connectivity index (χ1) is 7.59. The van der Waals surface area contributed by atoms with Crippen LogP contribution in [0.3, 0.4) is 0 Å². The van der Waals surface area contributed by atoms with Crippen LogP contribution >= 0.6 is 0 Å². The Morgan fingerprint density at radius 1 is 1.06 bits per heavy atom. The van der Waals surface area contributed by atoms with Gasteiger partial charge in [-0.3, -0.25) is 4.79 Å². The molecule has 0 saturated heterocycles. The molecule has 1 aromatic rings. The zero-order valence-electron chi connectivity index (χ0n) is 9.28. The van der Waals surface area contributed by atoms with Gasteiger partial charge < -0.3 is 15.3 Å². The fourth-order valence-electron chi connectivity index (χ4n) is 1.10. The molecule has 4 nitrogen and oxygen atoms in total. The summed E-state index contributed by atoms with van der Waals surface area (Å²) in [7, 11) is 0. The van der Waals surface area contributed by atoms with Crippen LogP contribution in [0.4, 0.5) is 0 Å². The van der Waals surface area contributed by atoms with E-state index in [9.17, 15) is 4.79 Å². The summed E-state index contributed by atoms with van der Waals surface area (Å²) in [4.78, 5) is 10.2. The van der Waals surface area contributed by atoms with E-state index < -0.39 is 18.2 Å². The van der Waals surface area contributed by atoms with Gasteiger partial charge >= 0.3 is 5.97 Å². The maximum Gasteiger partial charge on any atom is 0.311 e. The number of benzene rings is 1. The van der Waals surface area contributed by atoms with Crippen LogP contribution in [0.25, 0.3) is 0 Å². The van der Waals surface area contributed by atoms with Gasteiger partial charge in [0, 0.05) is 0 Å². The molecule has 16 heavy (non-hydrogen) atoms. The second-order valence-corrected chi connectivity index (χ2v) is 3.30. The monoisotopic (exact) mass is 226 g/mol. The largest absolute Gasteiger partial charge is 0.481 e. The molecule has 0 bridgehead atoms. The Morgan fingerprint density at radius 3 is 1.56 bits per heavy atom. The van der Waals surface area contributed by atoms with Crippen molar-refractivity contribution in [3.8, 4) is 0 Å². The van der Waals surface area contributed by atoms with E-state index in [4.69, 9.17) is 15.3 Å². The van der Waals surface area contributed by atoms with Crippen molar-refractivity contribution >= 4 is 5.97 Å². The lowest BCUT2D eigenvalue weighted by Crippen LogP contribution is -2.27. The molecular weight excluding hydrogens is 208 g/mol. The highest BCUT2D eigenvalue weighted by Crippen LogP contribution is 2.09. The van der Waals surface area contributed by atoms with Gasteiger partial charge in [-0.15, -0.1) is 0 Å². The maximum atomic E-state index is 10.2. The van der Waals surface area contributed by atoms with Gasteiger partial charge in [-0.2, -0.15) is 0 Å². The Balaban J connectivity index is 0.000000315. The molecule has 1 atom stereocenters. The minimum Gasteiger partial charge on any atom is -0.481 e. The Morgan fingerprint density at radius 2 is 1.44 bits per heavy atom. The highest BCUT2D eigenvalue weighted by atomic mass is 16.5. The van der Waals surface area contributed by atoms with E-state index in [1.165, 1.54) is 0 Å². The molecule has 90 valence electrons. The molecule has 0 heterocycles. The third kappa shape index (κ3) is 6.98. The molecule has 3 N–H and O–H groups in total. The molecule has 4 heteroatoms. The minimum absolute atomic E-state index is 0.299. The summed E-state index contributed by atoms with van der Waals surface area (Å²) < 4.78 is 0. The fourth-order valence-corrected chi connectivity index (χ4v) is 1.10. The van der Waals surface area contributed by atoms with E-state index in [2.05, 4.69) is 0 Å². The van der Waals surface area contributed by atoms with Gasteiger partial charge in [0.15, 0.2) is 6.29 Å². The molecular formula is C12H18O4. The second kappa shape index (κ2) is 8.88. The summed E-state index contributed by atoms with van der Waals surface area (Å²) >= 11 is 0. The first-order valence-electron chi connectivity index (χ1n) is 5.18. The quantitative estimate of drug-likeness (QED) is 0.680. The van der Waals surface area contributed by atoms with E-state index in [1.54, 1.807) is 6.92 Å². The summed E-state index contributed by atoms with van der Waals surface area (Å²) in [5.41, 5.74) is 0. The van der Waals surface area contributed by atoms with Gasteiger partial charge in [0.25, 0.3) is 0 Å². The summed E-state index contributed by atoms with van der Waals surface area (Å²) in [6.45, 7) is 1.79. The van der Waals surface area contributed by atoms with Gasteiger partial charge in [0.1, 0.15) is 5.92 Å². The van der Waals surface area contributed by atoms with Crippen LogP contribution in [0.15, 0.2) is 36.4 Å². The maximum absolute atomic E-state index is 10.2. The van der Waals surface area contributed by atoms with Gasteiger partial charge in [-0.1, -0.05) is 49.7 Å². The first kappa shape index (κ1) is 14.6. The van der Waals surface area contributed by atoms with Crippen molar-refractivity contribution in [2.24, 2.45) is 5.92 Å². The zero-order chi connectivity index (χ0) is 12.4. The molecule has 0 fully saturated rings. The van der Waals surface area contributed by atoms with Gasteiger partial charge in [0.2, 0.25) is 0 Å². The summed E-state index contributed by atoms with van der Waals surface area (Å²) in [6, 6.07) is 12.0. The predicted molar refractivity (Wildman–Crippen MR) is 60.7 cm³/mol. The van der Waals surface area contributed by atoms with Crippen LogP contribution in [-0.4, -0.2) is 27.6 Å². The third-order valence-electron chi connectivity index (χ3n) is 1.94. The highest BCUT2D eigenvalue weighted by molar-refractivity contribution is 5.70. The number of carboxylic acid groups (broad SMARTS) is 1. The Hall–Kier alpha value is -1.39. The molecule has 1 unspecified atom stereocenters. The number of aliphatic carboxylic acids is 1. The molecule has 0 aliphatic rings. The molecule has 0 amide bonds. The van der Waals surface area contributed by atoms with E-state index in [1.807, 2.05) is 36.4 Å². The van der Waals surface area contributed by atoms with Crippen molar-refractivity contribution in [3.63, 3.8) is 0 Å². The van der Waals surface area contributed by atoms with E-state index in [0.717, 1.165) is 0 Å². The smallest absolute Gasteiger partial charge is 0.311 e. The predicted octanol–water partition coefficient (Wildman–Crippen LogP) is 1.48. The standard InChI is InChI=1S/C6H12O4.C6H6/c1-2-3-4(5(7)8)6(9)10;1-2-4-6-5-3-1/h4-5,7-8H,2-3H2,1H3,(H,9,10);1-6H. The highest BCUT2D eigenvalue weighted by Gasteiger charge is 2.22. The molecule has 0 radical (unpaired) electrons. The average molecular weight is 226 g/mol. The number of hydrogen-bond acceptors (Lipinski definition) is 3. The summed E-state index contributed by atoms with van der Waals surface area (Å²) in [5, 5.41) is 25.3. The van der Waals surface area contributed by atoms with Crippen molar-refractivity contribution in [1.82, 2.24) is 0 Å². The molecule has 1 aromatic carbocycles. The lowest BCUT2D eigenvalue weighted by atomic mass is 10.0. The number of hydrogen-bond donors (Lipinski definition) is 3. The Labute approximate surface area is 95.2 Å². The fraction of sp³-hybridized carbons (Fsp3) is 0.417. The van der Waals surface area contributed by atoms with Crippen LogP contribution in [0.5, 0.6) is 0 Å². The minimum atomic E-state index is -1.74. The molecule has 0 aromatic heterocycles. The number of carboxylic acids is 1. The van der Waals surface area contributed by atoms with Crippen LogP contribution in [0.2, 0.25) is 0 Å². The van der Waals surface area contributed by atoms with Crippen LogP contribution in [0.1, 0.15) is 19.8 Å². The molecule has 0 saturated carbocycles. The summed E-state index contributed by atoms with van der Waals surface area (Å²) in [6.07, 6.45) is -0.806. The third-order valence-corrected chi connectivity index (χ3v) is 1.94. The van der Waals surface area contributed by atoms with Crippen LogP contribution < -0.4 is 0 Å². The average Bonchev–Trinajstić information content (AvgIpc) is 2.28. The first-order valence-corrected chi connectivity index (χ1v) is 5.18. The number of carbonyl (C=O) groups is 1. The lowest BCUT2D eigenvalue weighted by Gasteiger charge is -2.11. The molecule has 1 rings (SSSR count). The lowest BCUT2D eigenvalue weighted by molar-refractivity contribution is -0.159. The molecule has 0 aliphatic heterocycles. The van der Waals surface area contributed by atoms with Crippen molar-refractivity contribution in [3.05, 3.63) is 36.4 Å². The van der Waals surface area contributed by atoms with Gasteiger partial charge in [-0.25, -0.2) is 0 Å². The Bertz CT molecular complexity index is 245. The molecule has 0 aliphatic carbocycles. The van der Waals surface area contributed by atoms with Crippen molar-refractivity contribution in [2.75, 3.05) is 0 Å². The van der Waals surface area contributed by atoms with Gasteiger partial charge in [-0.05, 0) is 6.42 Å². The topological polar surface area (TPSA) is 77.8 Å². The van der Waals surface area contributed by atoms with E-state index >= 15 is 0 Å². The second-order valence-electron chi connectivity index (χ2n) is 3.30. The van der Waals surface area contributed by atoms with Crippen molar-refractivity contribution in [1.29, 1.82) is 0 Å². The number of aliphatic hydroxyl groups excluding tert-OH is 1. The van der Waals surface area contributed by atoms with E-state index in [-0.39, 0.29) is 0 Å². The van der Waals surface area contributed by atoms with Gasteiger partial charge in [0.05, 0.1) is 0 Å².